The normalized spacial score (nSPS) is 26.8. The van der Waals surface area contributed by atoms with Crippen LogP contribution in [0.1, 0.15) is 24.8 Å². The summed E-state index contributed by atoms with van der Waals surface area (Å²) in [6.45, 7) is 0.588. The van der Waals surface area contributed by atoms with E-state index in [-0.39, 0.29) is 18.2 Å². The maximum atomic E-state index is 12.6. The Hall–Kier alpha value is -2.04. The van der Waals surface area contributed by atoms with Crippen molar-refractivity contribution in [3.8, 4) is 5.75 Å². The van der Waals surface area contributed by atoms with Crippen molar-refractivity contribution in [2.45, 2.75) is 31.7 Å². The van der Waals surface area contributed by atoms with Gasteiger partial charge < -0.3 is 14.7 Å². The van der Waals surface area contributed by atoms with E-state index in [1.165, 1.54) is 0 Å². The molecule has 1 saturated carbocycles. The van der Waals surface area contributed by atoms with Crippen molar-refractivity contribution < 1.29 is 19.4 Å². The molecule has 1 amide bonds. The molecule has 1 heterocycles. The number of carbonyl (C=O) groups is 2. The highest BCUT2D eigenvalue weighted by Gasteiger charge is 2.49. The fraction of sp³-hybridized carbons (Fsp3) is 0.529. The Morgan fingerprint density at radius 3 is 2.91 bits per heavy atom. The number of carbonyl (C=O) groups excluding carboxylic acids is 1. The topological polar surface area (TPSA) is 66.8 Å². The molecule has 1 aromatic rings. The zero-order chi connectivity index (χ0) is 15.7. The lowest BCUT2D eigenvalue weighted by Gasteiger charge is -2.24. The van der Waals surface area contributed by atoms with Crippen LogP contribution < -0.4 is 4.74 Å². The molecule has 3 atom stereocenters. The molecule has 3 unspecified atom stereocenters. The molecule has 5 nitrogen and oxygen atoms in total. The molecule has 5 heteroatoms. The highest BCUT2D eigenvalue weighted by molar-refractivity contribution is 5.86. The number of likely N-dealkylation sites (tertiary alicyclic amines) is 1. The minimum atomic E-state index is -0.867. The number of hydrogen-bond donors (Lipinski definition) is 1. The van der Waals surface area contributed by atoms with Gasteiger partial charge in [-0.15, -0.1) is 0 Å². The largest absolute Gasteiger partial charge is 0.497 e. The van der Waals surface area contributed by atoms with Crippen LogP contribution in [-0.4, -0.2) is 41.6 Å². The van der Waals surface area contributed by atoms with E-state index in [1.807, 2.05) is 24.3 Å². The minimum Gasteiger partial charge on any atom is -0.497 e. The van der Waals surface area contributed by atoms with Crippen LogP contribution in [0, 0.1) is 11.8 Å². The molecule has 118 valence electrons. The van der Waals surface area contributed by atoms with Gasteiger partial charge in [0.1, 0.15) is 11.8 Å². The number of hydrogen-bond acceptors (Lipinski definition) is 3. The summed E-state index contributed by atoms with van der Waals surface area (Å²) in [6.07, 6.45) is 3.26. The number of rotatable bonds is 4. The molecule has 3 rings (SSSR count). The Bertz CT molecular complexity index is 586. The third kappa shape index (κ3) is 2.67. The van der Waals surface area contributed by atoms with Crippen molar-refractivity contribution in [1.82, 2.24) is 4.90 Å². The zero-order valence-corrected chi connectivity index (χ0v) is 12.7. The van der Waals surface area contributed by atoms with Crippen molar-refractivity contribution in [3.05, 3.63) is 29.8 Å². The SMILES string of the molecule is COc1cccc(CC(=O)N2CC3CCCC3C2C(=O)O)c1. The van der Waals surface area contributed by atoms with E-state index < -0.39 is 12.0 Å². The lowest BCUT2D eigenvalue weighted by atomic mass is 9.94. The number of nitrogens with zero attached hydrogens (tertiary/aromatic N) is 1. The number of benzene rings is 1. The van der Waals surface area contributed by atoms with E-state index in [2.05, 4.69) is 0 Å². The van der Waals surface area contributed by atoms with Crippen LogP contribution in [-0.2, 0) is 16.0 Å². The first kappa shape index (κ1) is 14.9. The van der Waals surface area contributed by atoms with Gasteiger partial charge in [-0.05, 0) is 42.4 Å². The Balaban J connectivity index is 1.75. The second-order valence-corrected chi connectivity index (χ2v) is 6.21. The maximum Gasteiger partial charge on any atom is 0.326 e. The Kier molecular flexibility index (Phi) is 4.05. The zero-order valence-electron chi connectivity index (χ0n) is 12.7. The number of methoxy groups -OCH3 is 1. The summed E-state index contributed by atoms with van der Waals surface area (Å²) in [7, 11) is 1.59. The van der Waals surface area contributed by atoms with Crippen LogP contribution in [0.5, 0.6) is 5.75 Å². The summed E-state index contributed by atoms with van der Waals surface area (Å²) in [6, 6.07) is 6.71. The van der Waals surface area contributed by atoms with Gasteiger partial charge in [0.05, 0.1) is 13.5 Å². The van der Waals surface area contributed by atoms with Crippen molar-refractivity contribution in [3.63, 3.8) is 0 Å². The number of amides is 1. The predicted octanol–water partition coefficient (Wildman–Crippen LogP) is 1.95. The average Bonchev–Trinajstić information content (AvgIpc) is 3.07. The average molecular weight is 303 g/mol. The van der Waals surface area contributed by atoms with Crippen LogP contribution in [0.25, 0.3) is 0 Å². The van der Waals surface area contributed by atoms with Gasteiger partial charge in [-0.25, -0.2) is 4.79 Å². The molecule has 2 fully saturated rings. The summed E-state index contributed by atoms with van der Waals surface area (Å²) in [4.78, 5) is 25.8. The van der Waals surface area contributed by atoms with Gasteiger partial charge in [-0.2, -0.15) is 0 Å². The second-order valence-electron chi connectivity index (χ2n) is 6.21. The minimum absolute atomic E-state index is 0.102. The van der Waals surface area contributed by atoms with Gasteiger partial charge in [0, 0.05) is 6.54 Å². The predicted molar refractivity (Wildman–Crippen MR) is 80.7 cm³/mol. The van der Waals surface area contributed by atoms with Crippen molar-refractivity contribution >= 4 is 11.9 Å². The number of carboxylic acids is 1. The molecule has 0 radical (unpaired) electrons. The van der Waals surface area contributed by atoms with Crippen molar-refractivity contribution in [1.29, 1.82) is 0 Å². The van der Waals surface area contributed by atoms with E-state index in [0.29, 0.717) is 18.2 Å². The summed E-state index contributed by atoms with van der Waals surface area (Å²) in [5.74, 6) is 0.226. The molecule has 0 aromatic heterocycles. The molecular formula is C17H21NO4. The van der Waals surface area contributed by atoms with E-state index in [9.17, 15) is 14.7 Å². The molecule has 1 aliphatic heterocycles. The van der Waals surface area contributed by atoms with Crippen LogP contribution in [0.4, 0.5) is 0 Å². The number of fused-ring (bicyclic) bond motifs is 1. The highest BCUT2D eigenvalue weighted by Crippen LogP contribution is 2.42. The molecule has 2 aliphatic rings. The molecule has 0 spiro atoms. The van der Waals surface area contributed by atoms with Gasteiger partial charge in [0.2, 0.25) is 5.91 Å². The summed E-state index contributed by atoms with van der Waals surface area (Å²) >= 11 is 0. The van der Waals surface area contributed by atoms with Gasteiger partial charge in [0.15, 0.2) is 0 Å². The lowest BCUT2D eigenvalue weighted by Crippen LogP contribution is -2.43. The maximum absolute atomic E-state index is 12.6. The van der Waals surface area contributed by atoms with Crippen molar-refractivity contribution in [2.75, 3.05) is 13.7 Å². The lowest BCUT2D eigenvalue weighted by molar-refractivity contribution is -0.149. The number of carboxylic acid groups (broad SMARTS) is 1. The van der Waals surface area contributed by atoms with Gasteiger partial charge in [-0.1, -0.05) is 18.6 Å². The standard InChI is InChI=1S/C17H21NO4/c1-22-13-6-2-4-11(8-13)9-15(19)18-10-12-5-3-7-14(12)16(18)17(20)21/h2,4,6,8,12,14,16H,3,5,7,9-10H2,1H3,(H,20,21). The van der Waals surface area contributed by atoms with Crippen LogP contribution in [0.15, 0.2) is 24.3 Å². The fourth-order valence-electron chi connectivity index (χ4n) is 3.94. The first-order valence-corrected chi connectivity index (χ1v) is 7.75. The summed E-state index contributed by atoms with van der Waals surface area (Å²) in [5, 5.41) is 9.51. The van der Waals surface area contributed by atoms with Crippen LogP contribution in [0.2, 0.25) is 0 Å². The summed E-state index contributed by atoms with van der Waals surface area (Å²) < 4.78 is 5.16. The molecule has 0 bridgehead atoms. The Morgan fingerprint density at radius 2 is 2.18 bits per heavy atom. The Labute approximate surface area is 129 Å². The highest BCUT2D eigenvalue weighted by atomic mass is 16.5. The first-order chi connectivity index (χ1) is 10.6. The second kappa shape index (κ2) is 5.99. The van der Waals surface area contributed by atoms with Crippen LogP contribution in [0.3, 0.4) is 0 Å². The molecule has 1 aromatic carbocycles. The van der Waals surface area contributed by atoms with Gasteiger partial charge in [0.25, 0.3) is 0 Å². The molecule has 1 saturated heterocycles. The first-order valence-electron chi connectivity index (χ1n) is 7.75. The van der Waals surface area contributed by atoms with Crippen LogP contribution >= 0.6 is 0 Å². The monoisotopic (exact) mass is 303 g/mol. The molecule has 1 aliphatic carbocycles. The molecular weight excluding hydrogens is 282 g/mol. The summed E-state index contributed by atoms with van der Waals surface area (Å²) in [5.41, 5.74) is 0.852. The third-order valence-electron chi connectivity index (χ3n) is 4.95. The smallest absolute Gasteiger partial charge is 0.326 e. The molecule has 1 N–H and O–H groups in total. The third-order valence-corrected chi connectivity index (χ3v) is 4.95. The number of ether oxygens (including phenoxy) is 1. The van der Waals surface area contributed by atoms with E-state index >= 15 is 0 Å². The van der Waals surface area contributed by atoms with E-state index in [1.54, 1.807) is 12.0 Å². The number of aliphatic carboxylic acids is 1. The molecule has 22 heavy (non-hydrogen) atoms. The van der Waals surface area contributed by atoms with Gasteiger partial charge >= 0.3 is 5.97 Å². The Morgan fingerprint density at radius 1 is 1.36 bits per heavy atom. The fourth-order valence-corrected chi connectivity index (χ4v) is 3.94. The van der Waals surface area contributed by atoms with E-state index in [0.717, 1.165) is 24.8 Å². The van der Waals surface area contributed by atoms with Gasteiger partial charge in [-0.3, -0.25) is 4.79 Å². The van der Waals surface area contributed by atoms with Crippen molar-refractivity contribution in [2.24, 2.45) is 11.8 Å². The quantitative estimate of drug-likeness (QED) is 0.923. The van der Waals surface area contributed by atoms with E-state index in [4.69, 9.17) is 4.74 Å².